The van der Waals surface area contributed by atoms with Gasteiger partial charge in [0.05, 0.1) is 12.7 Å². The standard InChI is InChI=1S/C6H13NO/c1-5-6(2)8-4-3-7-5/h5-7H,3-4H2,1-2H3/i1D3,5D. The number of ether oxygens (including phenoxy) is 1. The van der Waals surface area contributed by atoms with Crippen molar-refractivity contribution in [1.29, 1.82) is 0 Å². The SMILES string of the molecule is [2H]C([2H])([2H])C1([2H])NCCOC1C. The Kier molecular flexibility index (Phi) is 0.822. The molecule has 2 nitrogen and oxygen atoms in total. The Labute approximate surface area is 55.8 Å². The summed E-state index contributed by atoms with van der Waals surface area (Å²) in [6.45, 7) is 0.155. The van der Waals surface area contributed by atoms with Crippen LogP contribution in [0.15, 0.2) is 0 Å². The first-order valence-electron chi connectivity index (χ1n) is 4.74. The maximum absolute atomic E-state index is 7.68. The highest BCUT2D eigenvalue weighted by Crippen LogP contribution is 2.00. The van der Waals surface area contributed by atoms with Gasteiger partial charge in [-0.3, -0.25) is 0 Å². The molecule has 0 aromatic rings. The van der Waals surface area contributed by atoms with Crippen LogP contribution in [0.2, 0.25) is 0 Å². The molecule has 0 aromatic heterocycles. The van der Waals surface area contributed by atoms with Crippen LogP contribution in [0, 0.1) is 0 Å². The molecule has 1 fully saturated rings. The van der Waals surface area contributed by atoms with Crippen LogP contribution in [0.5, 0.6) is 0 Å². The van der Waals surface area contributed by atoms with Gasteiger partial charge in [0.15, 0.2) is 0 Å². The summed E-state index contributed by atoms with van der Waals surface area (Å²) in [6, 6.07) is -1.65. The summed E-state index contributed by atoms with van der Waals surface area (Å²) in [4.78, 5) is 0. The molecule has 1 aliphatic heterocycles. The highest BCUT2D eigenvalue weighted by atomic mass is 16.5. The molecule has 48 valence electrons. The zero-order valence-corrected chi connectivity index (χ0v) is 4.90. The average Bonchev–Trinajstić information content (AvgIpc) is 1.93. The molecular weight excluding hydrogens is 102 g/mol. The summed E-state index contributed by atoms with van der Waals surface area (Å²) in [5.74, 6) is 0. The third-order valence-electron chi connectivity index (χ3n) is 1.19. The Morgan fingerprint density at radius 3 is 3.38 bits per heavy atom. The van der Waals surface area contributed by atoms with Gasteiger partial charge in [0.2, 0.25) is 0 Å². The largest absolute Gasteiger partial charge is 0.376 e. The van der Waals surface area contributed by atoms with Gasteiger partial charge >= 0.3 is 0 Å². The minimum Gasteiger partial charge on any atom is -0.376 e. The first-order chi connectivity index (χ1) is 5.38. The topological polar surface area (TPSA) is 21.3 Å². The van der Waals surface area contributed by atoms with Crippen molar-refractivity contribution < 1.29 is 10.2 Å². The minimum absolute atomic E-state index is 0.423. The Morgan fingerprint density at radius 2 is 2.88 bits per heavy atom. The van der Waals surface area contributed by atoms with E-state index in [4.69, 9.17) is 10.2 Å². The lowest BCUT2D eigenvalue weighted by atomic mass is 10.2. The summed E-state index contributed by atoms with van der Waals surface area (Å²) in [5.41, 5.74) is 0. The van der Waals surface area contributed by atoms with Gasteiger partial charge in [0, 0.05) is 18.0 Å². The molecule has 1 N–H and O–H groups in total. The quantitative estimate of drug-likeness (QED) is 0.498. The maximum Gasteiger partial charge on any atom is 0.0697 e. The Bertz CT molecular complexity index is 171. The lowest BCUT2D eigenvalue weighted by molar-refractivity contribution is 0.0135. The molecule has 0 radical (unpaired) electrons. The van der Waals surface area contributed by atoms with Crippen LogP contribution in [-0.4, -0.2) is 25.3 Å². The number of rotatable bonds is 0. The van der Waals surface area contributed by atoms with Crippen molar-refractivity contribution in [1.82, 2.24) is 5.32 Å². The van der Waals surface area contributed by atoms with Crippen LogP contribution in [-0.2, 0) is 4.74 Å². The van der Waals surface area contributed by atoms with E-state index in [1.165, 1.54) is 0 Å². The molecule has 0 amide bonds. The first-order valence-corrected chi connectivity index (χ1v) is 2.74. The normalized spacial score (nSPS) is 57.9. The predicted molar refractivity (Wildman–Crippen MR) is 32.9 cm³/mol. The monoisotopic (exact) mass is 119 g/mol. The fourth-order valence-corrected chi connectivity index (χ4v) is 0.648. The van der Waals surface area contributed by atoms with Gasteiger partial charge in [0.1, 0.15) is 0 Å². The zero-order valence-electron chi connectivity index (χ0n) is 8.90. The molecule has 0 spiro atoms. The summed E-state index contributed by atoms with van der Waals surface area (Å²) >= 11 is 0. The van der Waals surface area contributed by atoms with Crippen LogP contribution >= 0.6 is 0 Å². The molecule has 0 aliphatic carbocycles. The van der Waals surface area contributed by atoms with Gasteiger partial charge in [-0.25, -0.2) is 0 Å². The lowest BCUT2D eigenvalue weighted by Gasteiger charge is -2.26. The molecule has 2 heteroatoms. The van der Waals surface area contributed by atoms with Crippen molar-refractivity contribution in [3.8, 4) is 0 Å². The van der Waals surface area contributed by atoms with Crippen molar-refractivity contribution in [3.05, 3.63) is 0 Å². The van der Waals surface area contributed by atoms with E-state index >= 15 is 0 Å². The fraction of sp³-hybridized carbons (Fsp3) is 1.00. The highest BCUT2D eigenvalue weighted by molar-refractivity contribution is 4.71. The second kappa shape index (κ2) is 2.46. The van der Waals surface area contributed by atoms with E-state index in [9.17, 15) is 0 Å². The molecule has 0 saturated carbocycles. The average molecular weight is 119 g/mol. The van der Waals surface area contributed by atoms with E-state index in [1.807, 2.05) is 0 Å². The van der Waals surface area contributed by atoms with Crippen molar-refractivity contribution in [2.45, 2.75) is 25.9 Å². The number of hydrogen-bond donors (Lipinski definition) is 1. The molecule has 1 heterocycles. The molecule has 1 rings (SSSR count). The molecular formula is C6H13NO. The molecule has 8 heavy (non-hydrogen) atoms. The van der Waals surface area contributed by atoms with E-state index in [2.05, 4.69) is 5.32 Å². The summed E-state index contributed by atoms with van der Waals surface area (Å²) in [7, 11) is 0. The van der Waals surface area contributed by atoms with E-state index in [0.29, 0.717) is 13.2 Å². The van der Waals surface area contributed by atoms with Crippen molar-refractivity contribution in [2.24, 2.45) is 0 Å². The smallest absolute Gasteiger partial charge is 0.0697 e. The second-order valence-corrected chi connectivity index (χ2v) is 1.85. The number of nitrogens with one attached hydrogen (secondary N) is 1. The Morgan fingerprint density at radius 1 is 2.00 bits per heavy atom. The van der Waals surface area contributed by atoms with Gasteiger partial charge in [-0.1, -0.05) is 0 Å². The minimum atomic E-state index is -2.34. The zero-order chi connectivity index (χ0) is 9.41. The molecule has 1 aliphatic rings. The van der Waals surface area contributed by atoms with Crippen LogP contribution in [0.3, 0.4) is 0 Å². The third kappa shape index (κ3) is 1.20. The highest BCUT2D eigenvalue weighted by Gasteiger charge is 2.15. The van der Waals surface area contributed by atoms with Crippen molar-refractivity contribution >= 4 is 0 Å². The predicted octanol–water partition coefficient (Wildman–Crippen LogP) is 0.383. The molecule has 2 atom stereocenters. The molecule has 0 bridgehead atoms. The van der Waals surface area contributed by atoms with Crippen LogP contribution < -0.4 is 5.32 Å². The Balaban J connectivity index is 2.79. The van der Waals surface area contributed by atoms with Crippen molar-refractivity contribution in [3.63, 3.8) is 0 Å². The van der Waals surface area contributed by atoms with E-state index in [1.54, 1.807) is 6.92 Å². The van der Waals surface area contributed by atoms with Gasteiger partial charge in [-0.2, -0.15) is 0 Å². The van der Waals surface area contributed by atoms with E-state index in [-0.39, 0.29) is 0 Å². The first kappa shape index (κ1) is 2.67. The second-order valence-electron chi connectivity index (χ2n) is 1.85. The van der Waals surface area contributed by atoms with E-state index < -0.39 is 19.0 Å². The van der Waals surface area contributed by atoms with E-state index in [0.717, 1.165) is 0 Å². The lowest BCUT2D eigenvalue weighted by Crippen LogP contribution is -2.44. The molecule has 2 unspecified atom stereocenters. The Hall–Kier alpha value is -0.0800. The molecule has 1 saturated heterocycles. The van der Waals surface area contributed by atoms with Gasteiger partial charge < -0.3 is 10.1 Å². The van der Waals surface area contributed by atoms with Crippen molar-refractivity contribution in [2.75, 3.05) is 13.2 Å². The summed E-state index contributed by atoms with van der Waals surface area (Å²) in [5, 5.41) is 2.66. The number of hydrogen-bond acceptors (Lipinski definition) is 2. The third-order valence-corrected chi connectivity index (χ3v) is 1.19. The van der Waals surface area contributed by atoms with Crippen LogP contribution in [0.25, 0.3) is 0 Å². The van der Waals surface area contributed by atoms with Gasteiger partial charge in [0.25, 0.3) is 0 Å². The van der Waals surface area contributed by atoms with Gasteiger partial charge in [-0.15, -0.1) is 0 Å². The summed E-state index contributed by atoms with van der Waals surface area (Å²) < 4.78 is 34.3. The maximum atomic E-state index is 7.68. The van der Waals surface area contributed by atoms with Crippen LogP contribution in [0.4, 0.5) is 0 Å². The molecule has 0 aromatic carbocycles. The number of morpholine rings is 1. The summed E-state index contributed by atoms with van der Waals surface area (Å²) in [6.07, 6.45) is -0.598. The fourth-order valence-electron chi connectivity index (χ4n) is 0.648. The van der Waals surface area contributed by atoms with Crippen LogP contribution in [0.1, 0.15) is 19.3 Å². The van der Waals surface area contributed by atoms with Gasteiger partial charge in [-0.05, 0) is 13.8 Å².